The minimum atomic E-state index is -0.147. The van der Waals surface area contributed by atoms with Gasteiger partial charge < -0.3 is 10.1 Å². The van der Waals surface area contributed by atoms with E-state index in [4.69, 9.17) is 21.4 Å². The molecule has 1 amide bonds. The predicted molar refractivity (Wildman–Crippen MR) is 121 cm³/mol. The van der Waals surface area contributed by atoms with Crippen molar-refractivity contribution in [2.24, 2.45) is 13.0 Å². The van der Waals surface area contributed by atoms with Gasteiger partial charge in [-0.05, 0) is 67.5 Å². The second-order valence-electron chi connectivity index (χ2n) is 8.11. The number of halogens is 1. The summed E-state index contributed by atoms with van der Waals surface area (Å²) in [6.07, 6.45) is 9.98. The Morgan fingerprint density at radius 2 is 1.94 bits per heavy atom. The standard InChI is InChI=1S/C24H27ClN4O2/c1-29-15-21(17-9-11-26-12-10-17)23(28-29)18-5-3-16(4-6-18)14-27-24(30)20-13-19(25)7-8-22(20)31-2/h7-13,15-16,18H,3-6,14H2,1-2H3,(H,27,30). The highest BCUT2D eigenvalue weighted by molar-refractivity contribution is 6.31. The molecular weight excluding hydrogens is 412 g/mol. The van der Waals surface area contributed by atoms with Crippen LogP contribution in [0.2, 0.25) is 5.02 Å². The Morgan fingerprint density at radius 3 is 2.65 bits per heavy atom. The van der Waals surface area contributed by atoms with Crippen molar-refractivity contribution in [2.45, 2.75) is 31.6 Å². The molecular formula is C24H27ClN4O2. The van der Waals surface area contributed by atoms with Gasteiger partial charge in [-0.15, -0.1) is 0 Å². The number of methoxy groups -OCH3 is 1. The summed E-state index contributed by atoms with van der Waals surface area (Å²) in [5.41, 5.74) is 3.98. The fraction of sp³-hybridized carbons (Fsp3) is 0.375. The highest BCUT2D eigenvalue weighted by Crippen LogP contribution is 2.39. The average Bonchev–Trinajstić information content (AvgIpc) is 3.20. The summed E-state index contributed by atoms with van der Waals surface area (Å²) in [6, 6.07) is 9.15. The lowest BCUT2D eigenvalue weighted by Gasteiger charge is -2.28. The number of hydrogen-bond donors (Lipinski definition) is 1. The maximum atomic E-state index is 12.6. The van der Waals surface area contributed by atoms with Crippen LogP contribution in [0.25, 0.3) is 11.1 Å². The second kappa shape index (κ2) is 9.52. The van der Waals surface area contributed by atoms with Gasteiger partial charge in [-0.2, -0.15) is 5.10 Å². The molecule has 0 radical (unpaired) electrons. The van der Waals surface area contributed by atoms with Crippen LogP contribution in [0.15, 0.2) is 48.9 Å². The predicted octanol–water partition coefficient (Wildman–Crippen LogP) is 4.85. The van der Waals surface area contributed by atoms with Crippen LogP contribution in [0.3, 0.4) is 0 Å². The van der Waals surface area contributed by atoms with Crippen LogP contribution in [0.5, 0.6) is 5.75 Å². The number of rotatable bonds is 6. The molecule has 0 bridgehead atoms. The van der Waals surface area contributed by atoms with Gasteiger partial charge in [0.15, 0.2) is 0 Å². The number of aromatic nitrogens is 3. The molecule has 0 unspecified atom stereocenters. The van der Waals surface area contributed by atoms with Crippen molar-refractivity contribution in [3.63, 3.8) is 0 Å². The zero-order valence-corrected chi connectivity index (χ0v) is 18.6. The zero-order chi connectivity index (χ0) is 21.8. The van der Waals surface area contributed by atoms with Gasteiger partial charge in [-0.1, -0.05) is 11.6 Å². The first-order chi connectivity index (χ1) is 15.0. The summed E-state index contributed by atoms with van der Waals surface area (Å²) in [6.45, 7) is 0.653. The van der Waals surface area contributed by atoms with Crippen molar-refractivity contribution in [2.75, 3.05) is 13.7 Å². The Morgan fingerprint density at radius 1 is 1.19 bits per heavy atom. The summed E-state index contributed by atoms with van der Waals surface area (Å²) < 4.78 is 7.19. The van der Waals surface area contributed by atoms with E-state index in [1.807, 2.05) is 36.3 Å². The third kappa shape index (κ3) is 4.90. The molecule has 2 aromatic heterocycles. The van der Waals surface area contributed by atoms with E-state index in [0.717, 1.165) is 31.2 Å². The van der Waals surface area contributed by atoms with E-state index in [9.17, 15) is 4.79 Å². The minimum Gasteiger partial charge on any atom is -0.496 e. The van der Waals surface area contributed by atoms with Crippen LogP contribution in [-0.4, -0.2) is 34.3 Å². The van der Waals surface area contributed by atoms with Crippen LogP contribution >= 0.6 is 11.6 Å². The van der Waals surface area contributed by atoms with Crippen molar-refractivity contribution < 1.29 is 9.53 Å². The molecule has 0 spiro atoms. The maximum Gasteiger partial charge on any atom is 0.255 e. The van der Waals surface area contributed by atoms with Gasteiger partial charge in [0.25, 0.3) is 5.91 Å². The molecule has 1 saturated carbocycles. The Bertz CT molecular complexity index is 1040. The lowest BCUT2D eigenvalue weighted by molar-refractivity contribution is 0.0940. The molecule has 162 valence electrons. The molecule has 2 heterocycles. The van der Waals surface area contributed by atoms with E-state index in [1.165, 1.54) is 11.3 Å². The summed E-state index contributed by atoms with van der Waals surface area (Å²) in [7, 11) is 3.53. The Kier molecular flexibility index (Phi) is 6.56. The molecule has 31 heavy (non-hydrogen) atoms. The van der Waals surface area contributed by atoms with E-state index in [-0.39, 0.29) is 5.91 Å². The SMILES string of the molecule is COc1ccc(Cl)cc1C(=O)NCC1CCC(c2nn(C)cc2-c2ccncc2)CC1. The lowest BCUT2D eigenvalue weighted by atomic mass is 9.79. The molecule has 4 rings (SSSR count). The number of benzene rings is 1. The van der Waals surface area contributed by atoms with Crippen LogP contribution in [0.4, 0.5) is 0 Å². The third-order valence-corrected chi connectivity index (χ3v) is 6.27. The molecule has 1 aromatic carbocycles. The number of carbonyl (C=O) groups is 1. The van der Waals surface area contributed by atoms with E-state index < -0.39 is 0 Å². The number of pyridine rings is 1. The monoisotopic (exact) mass is 438 g/mol. The van der Waals surface area contributed by atoms with Gasteiger partial charge in [-0.25, -0.2) is 0 Å². The van der Waals surface area contributed by atoms with Crippen molar-refractivity contribution in [3.05, 3.63) is 65.2 Å². The fourth-order valence-corrected chi connectivity index (χ4v) is 4.56. The highest BCUT2D eigenvalue weighted by atomic mass is 35.5. The molecule has 3 aromatic rings. The summed E-state index contributed by atoms with van der Waals surface area (Å²) >= 11 is 6.05. The quantitative estimate of drug-likeness (QED) is 0.597. The molecule has 1 fully saturated rings. The largest absolute Gasteiger partial charge is 0.496 e. The van der Waals surface area contributed by atoms with Gasteiger partial charge in [0.05, 0.1) is 18.4 Å². The summed E-state index contributed by atoms with van der Waals surface area (Å²) in [5.74, 6) is 1.28. The number of ether oxygens (including phenoxy) is 1. The lowest BCUT2D eigenvalue weighted by Crippen LogP contribution is -2.31. The van der Waals surface area contributed by atoms with E-state index in [2.05, 4.69) is 16.5 Å². The molecule has 0 aliphatic heterocycles. The molecule has 7 heteroatoms. The number of hydrogen-bond acceptors (Lipinski definition) is 4. The van der Waals surface area contributed by atoms with Gasteiger partial charge in [-0.3, -0.25) is 14.5 Å². The number of amides is 1. The Labute approximate surface area is 187 Å². The van der Waals surface area contributed by atoms with E-state index in [0.29, 0.717) is 34.7 Å². The first-order valence-corrected chi connectivity index (χ1v) is 11.0. The Balaban J connectivity index is 1.36. The van der Waals surface area contributed by atoms with Gasteiger partial charge in [0, 0.05) is 48.7 Å². The Hall–Kier alpha value is -2.86. The normalized spacial score (nSPS) is 18.5. The molecule has 1 aliphatic carbocycles. The second-order valence-corrected chi connectivity index (χ2v) is 8.55. The van der Waals surface area contributed by atoms with E-state index in [1.54, 1.807) is 25.3 Å². The third-order valence-electron chi connectivity index (χ3n) is 6.04. The maximum absolute atomic E-state index is 12.6. The summed E-state index contributed by atoms with van der Waals surface area (Å²) in [4.78, 5) is 16.8. The topological polar surface area (TPSA) is 69.0 Å². The van der Waals surface area contributed by atoms with Crippen molar-refractivity contribution in [1.29, 1.82) is 0 Å². The fourth-order valence-electron chi connectivity index (χ4n) is 4.39. The van der Waals surface area contributed by atoms with Gasteiger partial charge in [0.2, 0.25) is 0 Å². The number of carbonyl (C=O) groups excluding carboxylic acids is 1. The number of aryl methyl sites for hydroxylation is 1. The van der Waals surface area contributed by atoms with E-state index >= 15 is 0 Å². The highest BCUT2D eigenvalue weighted by Gasteiger charge is 2.27. The smallest absolute Gasteiger partial charge is 0.255 e. The van der Waals surface area contributed by atoms with Crippen molar-refractivity contribution >= 4 is 17.5 Å². The molecule has 1 aliphatic rings. The molecule has 0 saturated heterocycles. The minimum absolute atomic E-state index is 0.147. The van der Waals surface area contributed by atoms with Crippen LogP contribution < -0.4 is 10.1 Å². The summed E-state index contributed by atoms with van der Waals surface area (Å²) in [5, 5.41) is 8.36. The average molecular weight is 439 g/mol. The van der Waals surface area contributed by atoms with Crippen molar-refractivity contribution in [1.82, 2.24) is 20.1 Å². The van der Waals surface area contributed by atoms with Gasteiger partial charge in [0.1, 0.15) is 5.75 Å². The first-order valence-electron chi connectivity index (χ1n) is 10.6. The first kappa shape index (κ1) is 21.4. The van der Waals surface area contributed by atoms with Gasteiger partial charge >= 0.3 is 0 Å². The zero-order valence-electron chi connectivity index (χ0n) is 17.8. The van der Waals surface area contributed by atoms with Crippen LogP contribution in [0.1, 0.15) is 47.7 Å². The number of nitrogens with one attached hydrogen (secondary N) is 1. The van der Waals surface area contributed by atoms with Crippen LogP contribution in [-0.2, 0) is 7.05 Å². The number of nitrogens with zero attached hydrogens (tertiary/aromatic N) is 3. The molecule has 1 N–H and O–H groups in total. The molecule has 0 atom stereocenters. The molecule has 6 nitrogen and oxygen atoms in total. The van der Waals surface area contributed by atoms with Crippen molar-refractivity contribution in [3.8, 4) is 16.9 Å². The van der Waals surface area contributed by atoms with Crippen LogP contribution in [0, 0.1) is 5.92 Å².